The highest BCUT2D eigenvalue weighted by molar-refractivity contribution is 4.60. The second kappa shape index (κ2) is 29.3. The molecule has 14 heavy (non-hydrogen) atoms. The molecule has 0 heterocycles. The molecule has 0 radical (unpaired) electrons. The first-order valence-corrected chi connectivity index (χ1v) is 6.52. The second-order valence-corrected chi connectivity index (χ2v) is 2.82. The first kappa shape index (κ1) is 19.3. The van der Waals surface area contributed by atoms with Crippen molar-refractivity contribution in [2.75, 3.05) is 0 Å². The van der Waals surface area contributed by atoms with Crippen LogP contribution in [0.3, 0.4) is 0 Å². The first-order chi connectivity index (χ1) is 6.91. The smallest absolute Gasteiger partial charge is 0.0382 e. The molecule has 0 spiro atoms. The molecule has 0 heteroatoms. The Morgan fingerprint density at radius 2 is 0.929 bits per heavy atom. The van der Waals surface area contributed by atoms with Crippen LogP contribution in [0, 0.1) is 0 Å². The van der Waals surface area contributed by atoms with Crippen molar-refractivity contribution in [3.8, 4) is 0 Å². The fourth-order valence-corrected chi connectivity index (χ4v) is 1.06. The zero-order valence-electron chi connectivity index (χ0n) is 11.2. The van der Waals surface area contributed by atoms with Gasteiger partial charge in [0.2, 0.25) is 0 Å². The van der Waals surface area contributed by atoms with Crippen LogP contribution in [0.1, 0.15) is 79.6 Å². The van der Waals surface area contributed by atoms with Crippen molar-refractivity contribution in [2.24, 2.45) is 0 Å². The Morgan fingerprint density at radius 1 is 0.786 bits per heavy atom. The summed E-state index contributed by atoms with van der Waals surface area (Å²) in [4.78, 5) is 0. The molecule has 0 nitrogen and oxygen atoms in total. The van der Waals surface area contributed by atoms with Gasteiger partial charge in [-0.2, -0.15) is 0 Å². The molecule has 0 aromatic rings. The molecule has 1 fully saturated rings. The molecule has 1 aliphatic rings. The number of allylic oxidation sites excluding steroid dienone is 1. The van der Waals surface area contributed by atoms with Crippen LogP contribution in [-0.2, 0) is 0 Å². The van der Waals surface area contributed by atoms with Gasteiger partial charge in [-0.15, -0.1) is 6.58 Å². The van der Waals surface area contributed by atoms with Gasteiger partial charge in [0.1, 0.15) is 0 Å². The zero-order chi connectivity index (χ0) is 11.7. The van der Waals surface area contributed by atoms with Gasteiger partial charge < -0.3 is 0 Å². The highest BCUT2D eigenvalue weighted by Gasteiger charge is 1.95. The van der Waals surface area contributed by atoms with E-state index in [2.05, 4.69) is 13.5 Å². The third-order valence-electron chi connectivity index (χ3n) is 1.79. The van der Waals surface area contributed by atoms with E-state index in [4.69, 9.17) is 0 Å². The van der Waals surface area contributed by atoms with Crippen molar-refractivity contribution in [1.82, 2.24) is 0 Å². The Bertz CT molecular complexity index is 48.9. The van der Waals surface area contributed by atoms with Crippen LogP contribution in [0.15, 0.2) is 12.7 Å². The van der Waals surface area contributed by atoms with Gasteiger partial charge in [0.25, 0.3) is 0 Å². The van der Waals surface area contributed by atoms with Gasteiger partial charge in [0.15, 0.2) is 0 Å². The third kappa shape index (κ3) is 29.8. The highest BCUT2D eigenvalue weighted by Crippen LogP contribution is 2.15. The Hall–Kier alpha value is -0.260. The summed E-state index contributed by atoms with van der Waals surface area (Å²) < 4.78 is 0. The van der Waals surface area contributed by atoms with Crippen LogP contribution in [0.4, 0.5) is 0 Å². The molecule has 1 rings (SSSR count). The Kier molecular flexibility index (Phi) is 40.5. The normalized spacial score (nSPS) is 12.9. The van der Waals surface area contributed by atoms with Crippen LogP contribution in [0.25, 0.3) is 0 Å². The van der Waals surface area contributed by atoms with Crippen LogP contribution in [-0.4, -0.2) is 0 Å². The fourth-order valence-electron chi connectivity index (χ4n) is 1.06. The molecule has 0 aromatic carbocycles. The molecule has 0 amide bonds. The van der Waals surface area contributed by atoms with Crippen LogP contribution >= 0.6 is 0 Å². The summed E-state index contributed by atoms with van der Waals surface area (Å²) in [6, 6.07) is 0. The average molecular weight is 200 g/mol. The molecular formula is C14H32. The molecule has 1 saturated carbocycles. The summed E-state index contributed by atoms with van der Waals surface area (Å²) in [6.07, 6.45) is 12.0. The maximum absolute atomic E-state index is 3.48. The van der Waals surface area contributed by atoms with Crippen molar-refractivity contribution in [3.63, 3.8) is 0 Å². The topological polar surface area (TPSA) is 0 Å². The monoisotopic (exact) mass is 200 g/mol. The summed E-state index contributed by atoms with van der Waals surface area (Å²) >= 11 is 0. The van der Waals surface area contributed by atoms with Crippen molar-refractivity contribution in [2.45, 2.75) is 79.6 Å². The lowest BCUT2D eigenvalue weighted by atomic mass is 10.0. The predicted octanol–water partition coefficient (Wildman–Crippen LogP) is 5.98. The largest absolute Gasteiger partial charge is 0.103 e. The number of hydrogen-bond donors (Lipinski definition) is 0. The lowest BCUT2D eigenvalue weighted by molar-refractivity contribution is 0.504. The molecule has 0 bridgehead atoms. The van der Waals surface area contributed by atoms with Gasteiger partial charge in [-0.1, -0.05) is 79.2 Å². The van der Waals surface area contributed by atoms with Crippen LogP contribution in [0.5, 0.6) is 0 Å². The molecule has 0 N–H and O–H groups in total. The maximum Gasteiger partial charge on any atom is -0.0382 e. The minimum atomic E-state index is 1.08. The van der Waals surface area contributed by atoms with E-state index in [1.807, 2.05) is 33.8 Å². The highest BCUT2D eigenvalue weighted by atomic mass is 14.0. The van der Waals surface area contributed by atoms with Gasteiger partial charge in [-0.3, -0.25) is 0 Å². The summed E-state index contributed by atoms with van der Waals surface area (Å²) in [5.41, 5.74) is 0. The van der Waals surface area contributed by atoms with E-state index in [1.165, 1.54) is 38.5 Å². The quantitative estimate of drug-likeness (QED) is 0.457. The lowest BCUT2D eigenvalue weighted by Gasteiger charge is -2.05. The Balaban J connectivity index is -0.000000134. The lowest BCUT2D eigenvalue weighted by Crippen LogP contribution is -1.85. The number of rotatable bonds is 1. The van der Waals surface area contributed by atoms with E-state index in [1.54, 1.807) is 0 Å². The van der Waals surface area contributed by atoms with E-state index in [9.17, 15) is 0 Å². The van der Waals surface area contributed by atoms with E-state index >= 15 is 0 Å². The van der Waals surface area contributed by atoms with E-state index in [0.717, 1.165) is 6.42 Å². The minimum Gasteiger partial charge on any atom is -0.103 e. The molecule has 0 aromatic heterocycles. The molecule has 0 saturated heterocycles. The van der Waals surface area contributed by atoms with Crippen molar-refractivity contribution in [1.29, 1.82) is 0 Å². The standard InChI is InChI=1S/C6H12.C4H8.2C2H6/c1-2-4-6-5-3-1;1-3-4-2;2*1-2/h1-6H2;3H,1,4H2,2H3;2*1-2H3. The van der Waals surface area contributed by atoms with Crippen molar-refractivity contribution < 1.29 is 0 Å². The third-order valence-corrected chi connectivity index (χ3v) is 1.79. The molecule has 0 atom stereocenters. The van der Waals surface area contributed by atoms with E-state index in [-0.39, 0.29) is 0 Å². The number of hydrogen-bond acceptors (Lipinski definition) is 0. The summed E-state index contributed by atoms with van der Waals surface area (Å²) in [5, 5.41) is 0. The Labute approximate surface area is 92.8 Å². The predicted molar refractivity (Wildman–Crippen MR) is 70.9 cm³/mol. The van der Waals surface area contributed by atoms with Gasteiger partial charge in [-0.05, 0) is 6.42 Å². The maximum atomic E-state index is 3.48. The van der Waals surface area contributed by atoms with Crippen molar-refractivity contribution >= 4 is 0 Å². The fraction of sp³-hybridized carbons (Fsp3) is 0.857. The SMILES string of the molecule is C1CCCCC1.C=CCC.CC.CC. The summed E-state index contributed by atoms with van der Waals surface area (Å²) in [7, 11) is 0. The first-order valence-electron chi connectivity index (χ1n) is 6.52. The van der Waals surface area contributed by atoms with E-state index in [0.29, 0.717) is 0 Å². The van der Waals surface area contributed by atoms with Gasteiger partial charge in [-0.25, -0.2) is 0 Å². The molecule has 0 aliphatic heterocycles. The summed E-state index contributed by atoms with van der Waals surface area (Å²) in [5.74, 6) is 0. The molecular weight excluding hydrogens is 168 g/mol. The zero-order valence-corrected chi connectivity index (χ0v) is 11.2. The minimum absolute atomic E-state index is 1.08. The second-order valence-electron chi connectivity index (χ2n) is 2.82. The van der Waals surface area contributed by atoms with Crippen molar-refractivity contribution in [3.05, 3.63) is 12.7 Å². The van der Waals surface area contributed by atoms with Gasteiger partial charge >= 0.3 is 0 Å². The average Bonchev–Trinajstić information content (AvgIpc) is 2.36. The van der Waals surface area contributed by atoms with Gasteiger partial charge in [0, 0.05) is 0 Å². The van der Waals surface area contributed by atoms with E-state index < -0.39 is 0 Å². The Morgan fingerprint density at radius 3 is 1.00 bits per heavy atom. The van der Waals surface area contributed by atoms with Crippen LogP contribution < -0.4 is 0 Å². The summed E-state index contributed by atoms with van der Waals surface area (Å²) in [6.45, 7) is 13.5. The molecule has 88 valence electrons. The van der Waals surface area contributed by atoms with Gasteiger partial charge in [0.05, 0.1) is 0 Å². The molecule has 1 aliphatic carbocycles. The molecule has 0 unspecified atom stereocenters. The van der Waals surface area contributed by atoms with Crippen LogP contribution in [0.2, 0.25) is 0 Å².